The second-order valence-corrected chi connectivity index (χ2v) is 5.26. The van der Waals surface area contributed by atoms with E-state index in [0.29, 0.717) is 10.7 Å². The third-order valence-corrected chi connectivity index (χ3v) is 2.57. The van der Waals surface area contributed by atoms with Crippen LogP contribution in [-0.4, -0.2) is 19.7 Å². The highest BCUT2D eigenvalue weighted by molar-refractivity contribution is 7.89. The van der Waals surface area contributed by atoms with Crippen LogP contribution < -0.4 is 5.73 Å². The molecule has 0 aliphatic heterocycles. The second-order valence-electron chi connectivity index (χ2n) is 2.23. The molecule has 0 saturated heterocycles. The smallest absolute Gasteiger partial charge is 0.153 e. The summed E-state index contributed by atoms with van der Waals surface area (Å²) in [5.74, 6) is -0.0671. The number of thiazole rings is 1. The molecule has 0 fully saturated rings. The van der Waals surface area contributed by atoms with Crippen LogP contribution in [0.4, 0.5) is 5.00 Å². The zero-order chi connectivity index (χ0) is 8.48. The van der Waals surface area contributed by atoms with Crippen LogP contribution >= 0.6 is 11.3 Å². The van der Waals surface area contributed by atoms with Gasteiger partial charge in [0.15, 0.2) is 9.84 Å². The molecule has 2 N–H and O–H groups in total. The van der Waals surface area contributed by atoms with Gasteiger partial charge in [0, 0.05) is 6.26 Å². The lowest BCUT2D eigenvalue weighted by atomic mass is 10.5. The first-order valence-corrected chi connectivity index (χ1v) is 5.78. The predicted molar refractivity (Wildman–Crippen MR) is 45.1 cm³/mol. The number of hydrogen-bond acceptors (Lipinski definition) is 5. The highest BCUT2D eigenvalue weighted by atomic mass is 32.2. The van der Waals surface area contributed by atoms with Crippen LogP contribution in [0.3, 0.4) is 0 Å². The second kappa shape index (κ2) is 2.78. The van der Waals surface area contributed by atoms with E-state index in [4.69, 9.17) is 5.73 Å². The van der Waals surface area contributed by atoms with Gasteiger partial charge in [-0.25, -0.2) is 13.4 Å². The van der Waals surface area contributed by atoms with Crippen molar-refractivity contribution in [3.63, 3.8) is 0 Å². The summed E-state index contributed by atoms with van der Waals surface area (Å²) in [6, 6.07) is 0. The van der Waals surface area contributed by atoms with Gasteiger partial charge in [0.25, 0.3) is 0 Å². The average Bonchev–Trinajstić information content (AvgIpc) is 2.12. The lowest BCUT2D eigenvalue weighted by Crippen LogP contribution is -2.02. The lowest BCUT2D eigenvalue weighted by molar-refractivity contribution is 0.600. The molecule has 0 amide bonds. The van der Waals surface area contributed by atoms with Crippen LogP contribution in [-0.2, 0) is 15.6 Å². The number of nitrogens with two attached hydrogens (primary N) is 1. The molecule has 0 radical (unpaired) electrons. The SMILES string of the molecule is CS(=O)(=O)Cc1ncsc1N. The third-order valence-electron chi connectivity index (χ3n) is 1.07. The molecule has 1 rings (SSSR count). The molecule has 4 nitrogen and oxygen atoms in total. The molecule has 62 valence electrons. The van der Waals surface area contributed by atoms with E-state index in [-0.39, 0.29) is 5.75 Å². The molecular weight excluding hydrogens is 184 g/mol. The summed E-state index contributed by atoms with van der Waals surface area (Å²) in [5, 5.41) is 0.482. The van der Waals surface area contributed by atoms with Crippen molar-refractivity contribution in [2.75, 3.05) is 12.0 Å². The van der Waals surface area contributed by atoms with E-state index >= 15 is 0 Å². The fourth-order valence-corrected chi connectivity index (χ4v) is 2.01. The van der Waals surface area contributed by atoms with E-state index in [1.54, 1.807) is 0 Å². The first kappa shape index (κ1) is 8.48. The summed E-state index contributed by atoms with van der Waals surface area (Å²) in [4.78, 5) is 3.82. The minimum atomic E-state index is -3.01. The van der Waals surface area contributed by atoms with Crippen LogP contribution in [0.1, 0.15) is 5.69 Å². The maximum atomic E-state index is 10.8. The molecule has 0 aromatic carbocycles. The summed E-state index contributed by atoms with van der Waals surface area (Å²) < 4.78 is 21.5. The first-order valence-electron chi connectivity index (χ1n) is 2.84. The Morgan fingerprint density at radius 1 is 1.73 bits per heavy atom. The molecule has 0 atom stereocenters. The normalized spacial score (nSPS) is 11.7. The zero-order valence-electron chi connectivity index (χ0n) is 5.94. The predicted octanol–water partition coefficient (Wildman–Crippen LogP) is 0.270. The average molecular weight is 192 g/mol. The van der Waals surface area contributed by atoms with Gasteiger partial charge in [-0.05, 0) is 0 Å². The van der Waals surface area contributed by atoms with Crippen molar-refractivity contribution in [2.24, 2.45) is 0 Å². The minimum absolute atomic E-state index is 0.0671. The van der Waals surface area contributed by atoms with Gasteiger partial charge in [0.05, 0.1) is 17.0 Å². The van der Waals surface area contributed by atoms with Crippen molar-refractivity contribution in [1.29, 1.82) is 0 Å². The number of hydrogen-bond donors (Lipinski definition) is 1. The van der Waals surface area contributed by atoms with Gasteiger partial charge in [-0.3, -0.25) is 0 Å². The van der Waals surface area contributed by atoms with Crippen LogP contribution in [0.25, 0.3) is 0 Å². The van der Waals surface area contributed by atoms with Gasteiger partial charge in [-0.15, -0.1) is 11.3 Å². The van der Waals surface area contributed by atoms with Crippen molar-refractivity contribution in [2.45, 2.75) is 5.75 Å². The van der Waals surface area contributed by atoms with Gasteiger partial charge in [0.1, 0.15) is 5.00 Å². The highest BCUT2D eigenvalue weighted by Gasteiger charge is 2.09. The van der Waals surface area contributed by atoms with E-state index in [1.807, 2.05) is 0 Å². The van der Waals surface area contributed by atoms with Crippen LogP contribution in [0.15, 0.2) is 5.51 Å². The van der Waals surface area contributed by atoms with Crippen LogP contribution in [0.5, 0.6) is 0 Å². The number of anilines is 1. The molecule has 0 spiro atoms. The Morgan fingerprint density at radius 2 is 2.36 bits per heavy atom. The van der Waals surface area contributed by atoms with E-state index in [1.165, 1.54) is 16.8 Å². The Kier molecular flexibility index (Phi) is 2.15. The molecule has 6 heteroatoms. The van der Waals surface area contributed by atoms with E-state index in [9.17, 15) is 8.42 Å². The Balaban J connectivity index is 2.89. The minimum Gasteiger partial charge on any atom is -0.389 e. The van der Waals surface area contributed by atoms with Crippen molar-refractivity contribution in [3.05, 3.63) is 11.2 Å². The zero-order valence-corrected chi connectivity index (χ0v) is 7.58. The summed E-state index contributed by atoms with van der Waals surface area (Å²) in [7, 11) is -3.01. The maximum Gasteiger partial charge on any atom is 0.153 e. The molecule has 1 heterocycles. The summed E-state index contributed by atoms with van der Waals surface area (Å²) in [6.45, 7) is 0. The van der Waals surface area contributed by atoms with Gasteiger partial charge >= 0.3 is 0 Å². The molecule has 1 aromatic heterocycles. The molecule has 0 bridgehead atoms. The topological polar surface area (TPSA) is 73.0 Å². The fourth-order valence-electron chi connectivity index (χ4n) is 0.635. The van der Waals surface area contributed by atoms with Gasteiger partial charge in [-0.2, -0.15) is 0 Å². The van der Waals surface area contributed by atoms with Crippen LogP contribution in [0, 0.1) is 0 Å². The highest BCUT2D eigenvalue weighted by Crippen LogP contribution is 2.17. The molecule has 1 aromatic rings. The van der Waals surface area contributed by atoms with Gasteiger partial charge in [-0.1, -0.05) is 0 Å². The Morgan fingerprint density at radius 3 is 2.73 bits per heavy atom. The number of sulfone groups is 1. The van der Waals surface area contributed by atoms with Crippen molar-refractivity contribution >= 4 is 26.2 Å². The van der Waals surface area contributed by atoms with Gasteiger partial charge in [0.2, 0.25) is 0 Å². The molecule has 0 aliphatic carbocycles. The Hall–Kier alpha value is -0.620. The summed E-state index contributed by atoms with van der Waals surface area (Å²) >= 11 is 1.25. The molecular formula is C5H8N2O2S2. The number of nitrogens with zero attached hydrogens (tertiary/aromatic N) is 1. The largest absolute Gasteiger partial charge is 0.389 e. The fraction of sp³-hybridized carbons (Fsp3) is 0.400. The van der Waals surface area contributed by atoms with E-state index in [0.717, 1.165) is 6.26 Å². The van der Waals surface area contributed by atoms with E-state index in [2.05, 4.69) is 4.98 Å². The number of aromatic nitrogens is 1. The Bertz CT molecular complexity index is 341. The molecule has 0 saturated carbocycles. The third kappa shape index (κ3) is 2.47. The molecule has 0 unspecified atom stereocenters. The van der Waals surface area contributed by atoms with Crippen molar-refractivity contribution in [3.8, 4) is 0 Å². The number of nitrogen functional groups attached to an aromatic ring is 1. The molecule has 11 heavy (non-hydrogen) atoms. The standard InChI is InChI=1S/C5H8N2O2S2/c1-11(8,9)2-4-5(6)10-3-7-4/h3H,2,6H2,1H3. The monoisotopic (exact) mass is 192 g/mol. The lowest BCUT2D eigenvalue weighted by Gasteiger charge is -1.93. The summed E-state index contributed by atoms with van der Waals surface area (Å²) in [6.07, 6.45) is 1.16. The van der Waals surface area contributed by atoms with E-state index < -0.39 is 9.84 Å². The van der Waals surface area contributed by atoms with Crippen molar-refractivity contribution in [1.82, 2.24) is 4.98 Å². The quantitative estimate of drug-likeness (QED) is 0.730. The van der Waals surface area contributed by atoms with Gasteiger partial charge < -0.3 is 5.73 Å². The first-order chi connectivity index (χ1) is 4.99. The number of rotatable bonds is 2. The van der Waals surface area contributed by atoms with Crippen molar-refractivity contribution < 1.29 is 8.42 Å². The maximum absolute atomic E-state index is 10.8. The van der Waals surface area contributed by atoms with Crippen LogP contribution in [0.2, 0.25) is 0 Å². The molecule has 0 aliphatic rings. The Labute approximate surface area is 69.0 Å². The summed E-state index contributed by atoms with van der Waals surface area (Å²) in [5.41, 5.74) is 7.43.